The monoisotopic (exact) mass is 386 g/mol. The van der Waals surface area contributed by atoms with Gasteiger partial charge in [-0.3, -0.25) is 4.79 Å². The van der Waals surface area contributed by atoms with Crippen LogP contribution in [0.1, 0.15) is 25.3 Å². The fraction of sp³-hybridized carbons (Fsp3) is 0.611. The van der Waals surface area contributed by atoms with E-state index in [1.807, 2.05) is 19.1 Å². The van der Waals surface area contributed by atoms with Crippen molar-refractivity contribution in [2.75, 3.05) is 32.9 Å². The summed E-state index contributed by atoms with van der Waals surface area (Å²) in [5.41, 5.74) is 0.775. The molecule has 2 saturated heterocycles. The van der Waals surface area contributed by atoms with Crippen molar-refractivity contribution < 1.29 is 14.3 Å². The van der Waals surface area contributed by atoms with Crippen LogP contribution in [0.25, 0.3) is 0 Å². The Hall–Kier alpha value is -0.850. The van der Waals surface area contributed by atoms with Crippen molar-refractivity contribution in [3.8, 4) is 0 Å². The Bertz CT molecular complexity index is 620. The molecule has 1 amide bonds. The third kappa shape index (κ3) is 4.29. The normalized spacial score (nSPS) is 26.2. The maximum Gasteiger partial charge on any atom is 0.239 e. The van der Waals surface area contributed by atoms with Gasteiger partial charge in [-0.1, -0.05) is 29.3 Å². The maximum absolute atomic E-state index is 12.6. The molecule has 0 unspecified atom stereocenters. The van der Waals surface area contributed by atoms with Gasteiger partial charge in [0, 0.05) is 41.8 Å². The average molecular weight is 387 g/mol. The van der Waals surface area contributed by atoms with E-state index >= 15 is 0 Å². The number of morpholine rings is 1. The van der Waals surface area contributed by atoms with E-state index in [1.165, 1.54) is 0 Å². The van der Waals surface area contributed by atoms with E-state index in [0.29, 0.717) is 43.0 Å². The molecule has 0 spiro atoms. The number of nitrogens with one attached hydrogen (secondary N) is 2. The first kappa shape index (κ1) is 18.9. The van der Waals surface area contributed by atoms with Crippen LogP contribution >= 0.6 is 23.2 Å². The predicted molar refractivity (Wildman–Crippen MR) is 98.4 cm³/mol. The van der Waals surface area contributed by atoms with Gasteiger partial charge in [0.1, 0.15) is 6.04 Å². The van der Waals surface area contributed by atoms with Crippen molar-refractivity contribution in [1.29, 1.82) is 0 Å². The zero-order valence-corrected chi connectivity index (χ0v) is 15.8. The molecule has 2 heterocycles. The molecule has 2 aliphatic rings. The van der Waals surface area contributed by atoms with Gasteiger partial charge >= 0.3 is 0 Å². The lowest BCUT2D eigenvalue weighted by Crippen LogP contribution is -2.57. The van der Waals surface area contributed by atoms with E-state index in [1.54, 1.807) is 6.07 Å². The first-order valence-corrected chi connectivity index (χ1v) is 9.43. The molecular weight excluding hydrogens is 363 g/mol. The molecule has 0 radical (unpaired) electrons. The Morgan fingerprint density at radius 2 is 2.08 bits per heavy atom. The number of hydrogen-bond acceptors (Lipinski definition) is 4. The molecule has 138 valence electrons. The Kier molecular flexibility index (Phi) is 6.23. The SMILES string of the molecule is C[C@H]1OCCN[C@@H]1C(=O)NCC1(c2ccc(Cl)cc2Cl)CCOCC1. The lowest BCUT2D eigenvalue weighted by Gasteiger charge is -2.39. The molecule has 1 aromatic carbocycles. The van der Waals surface area contributed by atoms with Crippen molar-refractivity contribution in [1.82, 2.24) is 10.6 Å². The van der Waals surface area contributed by atoms with E-state index < -0.39 is 0 Å². The minimum absolute atomic E-state index is 0.0387. The highest BCUT2D eigenvalue weighted by atomic mass is 35.5. The molecule has 5 nitrogen and oxygen atoms in total. The summed E-state index contributed by atoms with van der Waals surface area (Å²) < 4.78 is 11.1. The van der Waals surface area contributed by atoms with Gasteiger partial charge in [-0.25, -0.2) is 0 Å². The predicted octanol–water partition coefficient (Wildman–Crippen LogP) is 2.53. The highest BCUT2D eigenvalue weighted by Gasteiger charge is 2.38. The first-order chi connectivity index (χ1) is 12.0. The standard InChI is InChI=1S/C18H24Cl2N2O3/c1-12-16(21-6-9-25-12)17(23)22-11-18(4-7-24-8-5-18)14-3-2-13(19)10-15(14)20/h2-3,10,12,16,21H,4-9,11H2,1H3,(H,22,23)/t12-,16+/m1/s1. The molecule has 2 fully saturated rings. The zero-order valence-electron chi connectivity index (χ0n) is 14.3. The van der Waals surface area contributed by atoms with E-state index in [-0.39, 0.29) is 23.5 Å². The number of rotatable bonds is 4. The summed E-state index contributed by atoms with van der Waals surface area (Å²) in [7, 11) is 0. The first-order valence-electron chi connectivity index (χ1n) is 8.68. The molecule has 25 heavy (non-hydrogen) atoms. The summed E-state index contributed by atoms with van der Waals surface area (Å²) in [6, 6.07) is 5.25. The number of benzene rings is 1. The lowest BCUT2D eigenvalue weighted by atomic mass is 9.74. The maximum atomic E-state index is 12.6. The van der Waals surface area contributed by atoms with Crippen molar-refractivity contribution in [3.05, 3.63) is 33.8 Å². The van der Waals surface area contributed by atoms with Crippen molar-refractivity contribution >= 4 is 29.1 Å². The summed E-state index contributed by atoms with van der Waals surface area (Å²) >= 11 is 12.5. The topological polar surface area (TPSA) is 59.6 Å². The average Bonchev–Trinajstić information content (AvgIpc) is 2.61. The molecule has 3 rings (SSSR count). The lowest BCUT2D eigenvalue weighted by molar-refractivity contribution is -0.129. The molecule has 2 N–H and O–H groups in total. The van der Waals surface area contributed by atoms with Gasteiger partial charge in [-0.2, -0.15) is 0 Å². The van der Waals surface area contributed by atoms with Crippen LogP contribution in [0.5, 0.6) is 0 Å². The van der Waals surface area contributed by atoms with Crippen LogP contribution in [-0.4, -0.2) is 51.0 Å². The molecule has 7 heteroatoms. The molecule has 0 aromatic heterocycles. The van der Waals surface area contributed by atoms with Gasteiger partial charge in [-0.05, 0) is 37.5 Å². The van der Waals surface area contributed by atoms with E-state index in [2.05, 4.69) is 10.6 Å². The molecular formula is C18H24Cl2N2O3. The number of amides is 1. The Morgan fingerprint density at radius 1 is 1.32 bits per heavy atom. The smallest absolute Gasteiger partial charge is 0.239 e. The minimum atomic E-state index is -0.327. The number of carbonyl (C=O) groups is 1. The molecule has 0 bridgehead atoms. The number of carbonyl (C=O) groups excluding carboxylic acids is 1. The second-order valence-corrected chi connectivity index (χ2v) is 7.59. The summed E-state index contributed by atoms with van der Waals surface area (Å²) in [6.07, 6.45) is 1.47. The van der Waals surface area contributed by atoms with Crippen LogP contribution in [0.15, 0.2) is 18.2 Å². The minimum Gasteiger partial charge on any atom is -0.381 e. The molecule has 2 aliphatic heterocycles. The fourth-order valence-corrected chi connectivity index (χ4v) is 4.23. The Balaban J connectivity index is 1.76. The van der Waals surface area contributed by atoms with Gasteiger partial charge in [0.2, 0.25) is 5.91 Å². The second kappa shape index (κ2) is 8.23. The third-order valence-corrected chi connectivity index (χ3v) is 5.70. The van der Waals surface area contributed by atoms with Gasteiger partial charge in [0.05, 0.1) is 12.7 Å². The van der Waals surface area contributed by atoms with Crippen molar-refractivity contribution in [2.24, 2.45) is 0 Å². The number of halogens is 2. The largest absolute Gasteiger partial charge is 0.381 e. The third-order valence-electron chi connectivity index (χ3n) is 5.15. The second-order valence-electron chi connectivity index (χ2n) is 6.74. The van der Waals surface area contributed by atoms with Crippen LogP contribution in [-0.2, 0) is 19.7 Å². The summed E-state index contributed by atoms with van der Waals surface area (Å²) in [4.78, 5) is 12.6. The number of ether oxygens (including phenoxy) is 2. The van der Waals surface area contributed by atoms with E-state index in [4.69, 9.17) is 32.7 Å². The number of hydrogen-bond donors (Lipinski definition) is 2. The fourth-order valence-electron chi connectivity index (χ4n) is 3.62. The Labute approximate surface area is 158 Å². The summed E-state index contributed by atoms with van der Waals surface area (Å²) in [5.74, 6) is -0.0387. The van der Waals surface area contributed by atoms with Crippen LogP contribution in [0, 0.1) is 0 Å². The van der Waals surface area contributed by atoms with Gasteiger partial charge in [0.15, 0.2) is 0 Å². The van der Waals surface area contributed by atoms with Crippen LogP contribution in [0.2, 0.25) is 10.0 Å². The van der Waals surface area contributed by atoms with Crippen LogP contribution < -0.4 is 10.6 Å². The summed E-state index contributed by atoms with van der Waals surface area (Å²) in [5, 5.41) is 7.57. The van der Waals surface area contributed by atoms with Gasteiger partial charge < -0.3 is 20.1 Å². The zero-order chi connectivity index (χ0) is 17.9. The molecule has 0 aliphatic carbocycles. The Morgan fingerprint density at radius 3 is 2.76 bits per heavy atom. The quantitative estimate of drug-likeness (QED) is 0.834. The van der Waals surface area contributed by atoms with Crippen molar-refractivity contribution in [2.45, 2.75) is 37.3 Å². The molecule has 2 atom stereocenters. The van der Waals surface area contributed by atoms with E-state index in [0.717, 1.165) is 18.4 Å². The van der Waals surface area contributed by atoms with Gasteiger partial charge in [-0.15, -0.1) is 0 Å². The van der Waals surface area contributed by atoms with Gasteiger partial charge in [0.25, 0.3) is 0 Å². The van der Waals surface area contributed by atoms with E-state index in [9.17, 15) is 4.79 Å². The van der Waals surface area contributed by atoms with Crippen molar-refractivity contribution in [3.63, 3.8) is 0 Å². The van der Waals surface area contributed by atoms with Crippen LogP contribution in [0.4, 0.5) is 0 Å². The highest BCUT2D eigenvalue weighted by Crippen LogP contribution is 2.39. The summed E-state index contributed by atoms with van der Waals surface area (Å²) in [6.45, 7) is 5.04. The highest BCUT2D eigenvalue weighted by molar-refractivity contribution is 6.35. The van der Waals surface area contributed by atoms with Crippen LogP contribution in [0.3, 0.4) is 0 Å². The molecule has 1 aromatic rings. The molecule has 0 saturated carbocycles.